The lowest BCUT2D eigenvalue weighted by Crippen LogP contribution is -2.31. The zero-order valence-electron chi connectivity index (χ0n) is 13.4. The van der Waals surface area contributed by atoms with Crippen molar-refractivity contribution in [2.45, 2.75) is 12.8 Å². The van der Waals surface area contributed by atoms with Crippen LogP contribution in [-0.2, 0) is 14.3 Å². The molecule has 0 N–H and O–H groups in total. The number of methoxy groups -OCH3 is 2. The highest BCUT2D eigenvalue weighted by Gasteiger charge is 2.18. The van der Waals surface area contributed by atoms with E-state index in [1.807, 2.05) is 0 Å². The lowest BCUT2D eigenvalue weighted by molar-refractivity contribution is -0.147. The average molecular weight is 319 g/mol. The Hall–Kier alpha value is -2.50. The van der Waals surface area contributed by atoms with E-state index in [0.717, 1.165) is 31.5 Å². The fourth-order valence-electron chi connectivity index (χ4n) is 2.35. The number of carbonyl (C=O) groups is 2. The van der Waals surface area contributed by atoms with Gasteiger partial charge in [0.1, 0.15) is 11.5 Å². The minimum absolute atomic E-state index is 0.147. The van der Waals surface area contributed by atoms with Crippen molar-refractivity contribution in [2.75, 3.05) is 33.9 Å². The smallest absolute Gasteiger partial charge is 0.331 e. The van der Waals surface area contributed by atoms with Crippen LogP contribution < -0.4 is 9.47 Å². The van der Waals surface area contributed by atoms with Crippen molar-refractivity contribution in [3.63, 3.8) is 0 Å². The van der Waals surface area contributed by atoms with Gasteiger partial charge in [-0.3, -0.25) is 4.79 Å². The van der Waals surface area contributed by atoms with E-state index in [0.29, 0.717) is 11.5 Å². The second-order valence-corrected chi connectivity index (χ2v) is 5.14. The van der Waals surface area contributed by atoms with Crippen LogP contribution in [0.1, 0.15) is 18.4 Å². The van der Waals surface area contributed by atoms with Gasteiger partial charge >= 0.3 is 5.97 Å². The van der Waals surface area contributed by atoms with Gasteiger partial charge in [-0.1, -0.05) is 0 Å². The van der Waals surface area contributed by atoms with Crippen molar-refractivity contribution in [2.24, 2.45) is 0 Å². The third-order valence-corrected chi connectivity index (χ3v) is 3.64. The summed E-state index contributed by atoms with van der Waals surface area (Å²) >= 11 is 0. The van der Waals surface area contributed by atoms with Gasteiger partial charge in [0.2, 0.25) is 0 Å². The summed E-state index contributed by atoms with van der Waals surface area (Å²) in [5, 5.41) is 0. The van der Waals surface area contributed by atoms with Gasteiger partial charge < -0.3 is 19.1 Å². The fourth-order valence-corrected chi connectivity index (χ4v) is 2.35. The van der Waals surface area contributed by atoms with Crippen molar-refractivity contribution >= 4 is 18.0 Å². The Morgan fingerprint density at radius 3 is 2.57 bits per heavy atom. The Labute approximate surface area is 135 Å². The molecular formula is C17H21NO5. The summed E-state index contributed by atoms with van der Waals surface area (Å²) in [6, 6.07) is 5.27. The van der Waals surface area contributed by atoms with Gasteiger partial charge in [-0.25, -0.2) is 4.79 Å². The van der Waals surface area contributed by atoms with Crippen LogP contribution in [0.25, 0.3) is 6.08 Å². The molecule has 0 saturated carbocycles. The Morgan fingerprint density at radius 1 is 1.17 bits per heavy atom. The molecule has 6 nitrogen and oxygen atoms in total. The molecule has 1 aromatic carbocycles. The maximum Gasteiger partial charge on any atom is 0.331 e. The number of rotatable bonds is 6. The van der Waals surface area contributed by atoms with Crippen LogP contribution in [0, 0.1) is 0 Å². The SMILES string of the molecule is COc1ccc(/C=C/C(=O)OCC(=O)N2CCCC2)c(OC)c1. The molecule has 1 aromatic rings. The molecule has 0 bridgehead atoms. The van der Waals surface area contributed by atoms with Crippen molar-refractivity contribution in [1.29, 1.82) is 0 Å². The lowest BCUT2D eigenvalue weighted by Gasteiger charge is -2.14. The van der Waals surface area contributed by atoms with Crippen LogP contribution in [0.5, 0.6) is 11.5 Å². The highest BCUT2D eigenvalue weighted by molar-refractivity contribution is 5.89. The molecule has 23 heavy (non-hydrogen) atoms. The van der Waals surface area contributed by atoms with E-state index >= 15 is 0 Å². The highest BCUT2D eigenvalue weighted by Crippen LogP contribution is 2.25. The molecule has 0 unspecified atom stereocenters. The second kappa shape index (κ2) is 8.22. The molecule has 0 aromatic heterocycles. The average Bonchev–Trinajstić information content (AvgIpc) is 3.12. The maximum absolute atomic E-state index is 11.8. The Morgan fingerprint density at radius 2 is 1.91 bits per heavy atom. The number of likely N-dealkylation sites (tertiary alicyclic amines) is 1. The predicted octanol–water partition coefficient (Wildman–Crippen LogP) is 1.88. The second-order valence-electron chi connectivity index (χ2n) is 5.14. The monoisotopic (exact) mass is 319 g/mol. The molecule has 1 amide bonds. The molecule has 1 aliphatic heterocycles. The van der Waals surface area contributed by atoms with Gasteiger partial charge in [0.05, 0.1) is 14.2 Å². The molecule has 0 aliphatic carbocycles. The minimum atomic E-state index is -0.560. The van der Waals surface area contributed by atoms with E-state index in [-0.39, 0.29) is 12.5 Å². The summed E-state index contributed by atoms with van der Waals surface area (Å²) in [6.07, 6.45) is 4.89. The van der Waals surface area contributed by atoms with Crippen molar-refractivity contribution in [3.8, 4) is 11.5 Å². The van der Waals surface area contributed by atoms with Crippen LogP contribution in [0.2, 0.25) is 0 Å². The molecule has 2 rings (SSSR count). The zero-order valence-corrected chi connectivity index (χ0v) is 13.4. The first-order valence-electron chi connectivity index (χ1n) is 7.48. The molecule has 1 heterocycles. The number of amides is 1. The van der Waals surface area contributed by atoms with E-state index in [2.05, 4.69) is 0 Å². The van der Waals surface area contributed by atoms with Crippen LogP contribution in [0.4, 0.5) is 0 Å². The molecule has 1 saturated heterocycles. The number of ether oxygens (including phenoxy) is 3. The summed E-state index contributed by atoms with van der Waals surface area (Å²) in [4.78, 5) is 25.2. The van der Waals surface area contributed by atoms with Gasteiger partial charge in [-0.2, -0.15) is 0 Å². The molecule has 124 valence electrons. The summed E-state index contributed by atoms with van der Waals surface area (Å²) < 4.78 is 15.3. The molecular weight excluding hydrogens is 298 g/mol. The van der Waals surface area contributed by atoms with Crippen molar-refractivity contribution in [3.05, 3.63) is 29.8 Å². The van der Waals surface area contributed by atoms with Gasteiger partial charge in [-0.15, -0.1) is 0 Å². The summed E-state index contributed by atoms with van der Waals surface area (Å²) in [5.74, 6) is 0.543. The van der Waals surface area contributed by atoms with Crippen LogP contribution in [-0.4, -0.2) is 50.7 Å². The highest BCUT2D eigenvalue weighted by atomic mass is 16.5. The van der Waals surface area contributed by atoms with Gasteiger partial charge in [0.25, 0.3) is 5.91 Å². The van der Waals surface area contributed by atoms with Crippen molar-refractivity contribution in [1.82, 2.24) is 4.90 Å². The normalized spacial score (nSPS) is 14.1. The number of hydrogen-bond acceptors (Lipinski definition) is 5. The zero-order chi connectivity index (χ0) is 16.7. The Bertz CT molecular complexity index is 591. The molecule has 0 radical (unpaired) electrons. The van der Waals surface area contributed by atoms with Gasteiger partial charge in [0.15, 0.2) is 6.61 Å². The molecule has 1 fully saturated rings. The third-order valence-electron chi connectivity index (χ3n) is 3.64. The van der Waals surface area contributed by atoms with E-state index in [9.17, 15) is 9.59 Å². The summed E-state index contributed by atoms with van der Waals surface area (Å²) in [7, 11) is 3.11. The van der Waals surface area contributed by atoms with E-state index in [4.69, 9.17) is 14.2 Å². The standard InChI is InChI=1S/C17H21NO5/c1-21-14-7-5-13(15(11-14)22-2)6-8-17(20)23-12-16(19)18-9-3-4-10-18/h5-8,11H,3-4,9-10,12H2,1-2H3/b8-6+. The minimum Gasteiger partial charge on any atom is -0.497 e. The summed E-state index contributed by atoms with van der Waals surface area (Å²) in [5.41, 5.74) is 0.719. The molecule has 6 heteroatoms. The van der Waals surface area contributed by atoms with Crippen LogP contribution in [0.15, 0.2) is 24.3 Å². The summed E-state index contributed by atoms with van der Waals surface area (Å²) in [6.45, 7) is 1.27. The maximum atomic E-state index is 11.8. The van der Waals surface area contributed by atoms with Crippen molar-refractivity contribution < 1.29 is 23.8 Å². The topological polar surface area (TPSA) is 65.1 Å². The largest absolute Gasteiger partial charge is 0.497 e. The predicted molar refractivity (Wildman–Crippen MR) is 85.4 cm³/mol. The Kier molecular flexibility index (Phi) is 6.02. The molecule has 0 atom stereocenters. The number of carbonyl (C=O) groups excluding carboxylic acids is 2. The van der Waals surface area contributed by atoms with Crippen LogP contribution >= 0.6 is 0 Å². The fraction of sp³-hybridized carbons (Fsp3) is 0.412. The molecule has 0 spiro atoms. The Balaban J connectivity index is 1.89. The number of esters is 1. The first kappa shape index (κ1) is 16.9. The first-order valence-corrected chi connectivity index (χ1v) is 7.48. The first-order chi connectivity index (χ1) is 11.1. The third kappa shape index (κ3) is 4.74. The van der Waals surface area contributed by atoms with Gasteiger partial charge in [-0.05, 0) is 31.1 Å². The number of benzene rings is 1. The lowest BCUT2D eigenvalue weighted by atomic mass is 10.2. The number of nitrogens with zero attached hydrogens (tertiary/aromatic N) is 1. The number of hydrogen-bond donors (Lipinski definition) is 0. The van der Waals surface area contributed by atoms with E-state index < -0.39 is 5.97 Å². The van der Waals surface area contributed by atoms with E-state index in [1.54, 1.807) is 43.4 Å². The van der Waals surface area contributed by atoms with Gasteiger partial charge in [0, 0.05) is 30.8 Å². The van der Waals surface area contributed by atoms with Crippen LogP contribution in [0.3, 0.4) is 0 Å². The quantitative estimate of drug-likeness (QED) is 0.592. The van der Waals surface area contributed by atoms with E-state index in [1.165, 1.54) is 6.08 Å². The molecule has 1 aliphatic rings.